The van der Waals surface area contributed by atoms with Gasteiger partial charge in [0, 0.05) is 29.5 Å². The summed E-state index contributed by atoms with van der Waals surface area (Å²) < 4.78 is 0. The molecule has 0 radical (unpaired) electrons. The zero-order chi connectivity index (χ0) is 11.8. The van der Waals surface area contributed by atoms with E-state index in [2.05, 4.69) is 24.1 Å². The van der Waals surface area contributed by atoms with Gasteiger partial charge in [-0.15, -0.1) is 11.3 Å². The van der Waals surface area contributed by atoms with E-state index < -0.39 is 0 Å². The lowest BCUT2D eigenvalue weighted by Gasteiger charge is -2.17. The first kappa shape index (κ1) is 12.0. The molecule has 1 unspecified atom stereocenters. The molecule has 0 aromatic carbocycles. The molecule has 4 heteroatoms. The third-order valence-corrected chi connectivity index (χ3v) is 4.66. The van der Waals surface area contributed by atoms with E-state index in [-0.39, 0.29) is 5.41 Å². The summed E-state index contributed by atoms with van der Waals surface area (Å²) in [6.45, 7) is 7.52. The molecule has 1 aromatic heterocycles. The lowest BCUT2D eigenvalue weighted by atomic mass is 10.1. The molecule has 0 saturated heterocycles. The molecular formula is C12H20N2OS. The van der Waals surface area contributed by atoms with Gasteiger partial charge in [-0.25, -0.2) is 4.98 Å². The molecule has 1 aliphatic rings. The Balaban J connectivity index is 1.93. The average Bonchev–Trinajstić information content (AvgIpc) is 2.96. The summed E-state index contributed by atoms with van der Waals surface area (Å²) in [5.41, 5.74) is 1.32. The Hall–Kier alpha value is -0.450. The Morgan fingerprint density at radius 1 is 1.50 bits per heavy atom. The summed E-state index contributed by atoms with van der Waals surface area (Å²) in [5.74, 6) is 0. The molecular weight excluding hydrogens is 220 g/mol. The second-order valence-electron chi connectivity index (χ2n) is 4.94. The Bertz CT molecular complexity index is 371. The largest absolute Gasteiger partial charge is 0.396 e. The highest BCUT2D eigenvalue weighted by atomic mass is 32.1. The number of aromatic nitrogens is 1. The van der Waals surface area contributed by atoms with Crippen LogP contribution in [0.3, 0.4) is 0 Å². The predicted molar refractivity (Wildman–Crippen MR) is 66.8 cm³/mol. The minimum absolute atomic E-state index is 0.182. The van der Waals surface area contributed by atoms with Crippen LogP contribution in [-0.2, 0) is 0 Å². The SMILES string of the molecule is Cc1nc(C)c(C(C)NCC2(CO)CC2)s1. The quantitative estimate of drug-likeness (QED) is 0.829. The Morgan fingerprint density at radius 2 is 2.19 bits per heavy atom. The van der Waals surface area contributed by atoms with E-state index in [0.717, 1.165) is 30.1 Å². The Morgan fingerprint density at radius 3 is 2.62 bits per heavy atom. The van der Waals surface area contributed by atoms with Gasteiger partial charge in [0.15, 0.2) is 0 Å². The first-order valence-electron chi connectivity index (χ1n) is 5.84. The summed E-state index contributed by atoms with van der Waals surface area (Å²) in [5, 5.41) is 13.9. The molecule has 1 heterocycles. The number of aryl methyl sites for hydroxylation is 2. The van der Waals surface area contributed by atoms with Gasteiger partial charge < -0.3 is 10.4 Å². The molecule has 90 valence electrons. The number of nitrogens with zero attached hydrogens (tertiary/aromatic N) is 1. The van der Waals surface area contributed by atoms with Gasteiger partial charge in [-0.2, -0.15) is 0 Å². The first-order chi connectivity index (χ1) is 7.56. The van der Waals surface area contributed by atoms with Crippen LogP contribution in [-0.4, -0.2) is 23.2 Å². The van der Waals surface area contributed by atoms with Crippen LogP contribution in [0.1, 0.15) is 41.4 Å². The monoisotopic (exact) mass is 240 g/mol. The molecule has 0 bridgehead atoms. The molecule has 2 rings (SSSR count). The molecule has 0 spiro atoms. The molecule has 3 nitrogen and oxygen atoms in total. The number of hydrogen-bond acceptors (Lipinski definition) is 4. The fourth-order valence-corrected chi connectivity index (χ4v) is 2.93. The summed E-state index contributed by atoms with van der Waals surface area (Å²) in [7, 11) is 0. The van der Waals surface area contributed by atoms with Gasteiger partial charge >= 0.3 is 0 Å². The molecule has 1 saturated carbocycles. The highest BCUT2D eigenvalue weighted by Crippen LogP contribution is 2.44. The maximum absolute atomic E-state index is 9.25. The van der Waals surface area contributed by atoms with Crippen molar-refractivity contribution in [3.8, 4) is 0 Å². The maximum atomic E-state index is 9.25. The van der Waals surface area contributed by atoms with Crippen LogP contribution in [0.15, 0.2) is 0 Å². The van der Waals surface area contributed by atoms with Gasteiger partial charge in [-0.1, -0.05) is 0 Å². The minimum atomic E-state index is 0.182. The summed E-state index contributed by atoms with van der Waals surface area (Å²) >= 11 is 1.76. The van der Waals surface area contributed by atoms with Crippen molar-refractivity contribution in [1.82, 2.24) is 10.3 Å². The molecule has 1 fully saturated rings. The number of nitrogens with one attached hydrogen (secondary N) is 1. The number of aliphatic hydroxyl groups is 1. The zero-order valence-corrected chi connectivity index (χ0v) is 11.0. The van der Waals surface area contributed by atoms with Crippen molar-refractivity contribution in [2.45, 2.75) is 39.7 Å². The van der Waals surface area contributed by atoms with Crippen LogP contribution in [0, 0.1) is 19.3 Å². The van der Waals surface area contributed by atoms with Gasteiger partial charge in [0.2, 0.25) is 0 Å². The highest BCUT2D eigenvalue weighted by Gasteiger charge is 2.41. The Kier molecular flexibility index (Phi) is 3.33. The summed E-state index contributed by atoms with van der Waals surface area (Å²) in [6.07, 6.45) is 2.31. The second-order valence-corrected chi connectivity index (χ2v) is 6.18. The van der Waals surface area contributed by atoms with Gasteiger partial charge in [0.05, 0.1) is 10.7 Å². The van der Waals surface area contributed by atoms with Gasteiger partial charge in [-0.05, 0) is 33.6 Å². The van der Waals surface area contributed by atoms with Gasteiger partial charge in [0.25, 0.3) is 0 Å². The van der Waals surface area contributed by atoms with Crippen molar-refractivity contribution >= 4 is 11.3 Å². The van der Waals surface area contributed by atoms with E-state index >= 15 is 0 Å². The lowest BCUT2D eigenvalue weighted by molar-refractivity contribution is 0.205. The second kappa shape index (κ2) is 4.43. The van der Waals surface area contributed by atoms with Crippen LogP contribution in [0.4, 0.5) is 0 Å². The lowest BCUT2D eigenvalue weighted by Crippen LogP contribution is -2.28. The number of thiazole rings is 1. The number of rotatable bonds is 5. The van der Waals surface area contributed by atoms with E-state index in [9.17, 15) is 5.11 Å². The minimum Gasteiger partial charge on any atom is -0.396 e. The van der Waals surface area contributed by atoms with Crippen molar-refractivity contribution in [3.63, 3.8) is 0 Å². The standard InChI is InChI=1S/C12H20N2OS/c1-8(11-9(2)14-10(3)16-11)13-6-12(7-15)4-5-12/h8,13,15H,4-7H2,1-3H3. The van der Waals surface area contributed by atoms with Crippen LogP contribution >= 0.6 is 11.3 Å². The summed E-state index contributed by atoms with van der Waals surface area (Å²) in [4.78, 5) is 5.77. The average molecular weight is 240 g/mol. The van der Waals surface area contributed by atoms with Crippen LogP contribution < -0.4 is 5.32 Å². The predicted octanol–water partition coefficient (Wildman–Crippen LogP) is 2.18. The zero-order valence-electron chi connectivity index (χ0n) is 10.2. The van der Waals surface area contributed by atoms with Crippen molar-refractivity contribution in [2.24, 2.45) is 5.41 Å². The van der Waals surface area contributed by atoms with Gasteiger partial charge in [-0.3, -0.25) is 0 Å². The van der Waals surface area contributed by atoms with Crippen LogP contribution in [0.5, 0.6) is 0 Å². The number of aliphatic hydroxyl groups excluding tert-OH is 1. The topological polar surface area (TPSA) is 45.2 Å². The molecule has 1 aliphatic carbocycles. The van der Waals surface area contributed by atoms with Crippen LogP contribution in [0.25, 0.3) is 0 Å². The molecule has 16 heavy (non-hydrogen) atoms. The molecule has 1 aromatic rings. The molecule has 0 aliphatic heterocycles. The smallest absolute Gasteiger partial charge is 0.0900 e. The normalized spacial score (nSPS) is 19.8. The van der Waals surface area contributed by atoms with Crippen molar-refractivity contribution in [1.29, 1.82) is 0 Å². The Labute approximate surface area is 101 Å². The maximum Gasteiger partial charge on any atom is 0.0900 e. The van der Waals surface area contributed by atoms with E-state index in [4.69, 9.17) is 0 Å². The fourth-order valence-electron chi connectivity index (χ4n) is 1.98. The molecule has 2 N–H and O–H groups in total. The third kappa shape index (κ3) is 2.44. The van der Waals surface area contributed by atoms with Crippen molar-refractivity contribution < 1.29 is 5.11 Å². The van der Waals surface area contributed by atoms with Crippen LogP contribution in [0.2, 0.25) is 0 Å². The highest BCUT2D eigenvalue weighted by molar-refractivity contribution is 7.11. The number of hydrogen-bond donors (Lipinski definition) is 2. The fraction of sp³-hybridized carbons (Fsp3) is 0.750. The van der Waals surface area contributed by atoms with Crippen molar-refractivity contribution in [2.75, 3.05) is 13.2 Å². The van der Waals surface area contributed by atoms with E-state index in [1.807, 2.05) is 6.92 Å². The first-order valence-corrected chi connectivity index (χ1v) is 6.66. The molecule has 1 atom stereocenters. The van der Waals surface area contributed by atoms with Gasteiger partial charge in [0.1, 0.15) is 0 Å². The van der Waals surface area contributed by atoms with E-state index in [1.165, 1.54) is 4.88 Å². The van der Waals surface area contributed by atoms with Crippen molar-refractivity contribution in [3.05, 3.63) is 15.6 Å². The third-order valence-electron chi connectivity index (χ3n) is 3.41. The summed E-state index contributed by atoms with van der Waals surface area (Å²) in [6, 6.07) is 0.343. The van der Waals surface area contributed by atoms with E-state index in [1.54, 1.807) is 11.3 Å². The molecule has 0 amide bonds. The van der Waals surface area contributed by atoms with E-state index in [0.29, 0.717) is 12.6 Å².